The number of hydrogen-bond acceptors (Lipinski definition) is 3. The van der Waals surface area contributed by atoms with Crippen molar-refractivity contribution in [2.24, 2.45) is 4.99 Å². The summed E-state index contributed by atoms with van der Waals surface area (Å²) >= 11 is 0. The first-order valence-electron chi connectivity index (χ1n) is 11.3. The smallest absolute Gasteiger partial charge is 0.222 e. The number of guanidine groups is 1. The van der Waals surface area contributed by atoms with Crippen LogP contribution in [-0.2, 0) is 11.3 Å². The van der Waals surface area contributed by atoms with Crippen molar-refractivity contribution >= 4 is 35.8 Å². The minimum Gasteiger partial charge on any atom is -0.490 e. The van der Waals surface area contributed by atoms with Crippen LogP contribution in [0.2, 0.25) is 0 Å². The van der Waals surface area contributed by atoms with E-state index in [1.165, 1.54) is 12.8 Å². The number of nitrogens with zero attached hydrogens (tertiary/aromatic N) is 2. The molecular weight excluding hydrogens is 491 g/mol. The zero-order valence-corrected chi connectivity index (χ0v) is 20.5. The van der Waals surface area contributed by atoms with Crippen LogP contribution in [0.3, 0.4) is 0 Å². The van der Waals surface area contributed by atoms with Gasteiger partial charge in [-0.05, 0) is 51.5 Å². The standard InChI is InChI=1S/C23H36N4O2.HI/c1-2-24-23(25-15-9-17-27-16-7-3-4-14-22(27)28)26-18-19-10-5-6-13-21(19)29-20-11-8-12-20;/h5-6,10,13,20H,2-4,7-9,11-12,14-18H2,1H3,(H2,24,25,26);1H. The maximum atomic E-state index is 12.1. The molecule has 1 aliphatic heterocycles. The Kier molecular flexibility index (Phi) is 11.3. The van der Waals surface area contributed by atoms with Crippen molar-refractivity contribution < 1.29 is 9.53 Å². The summed E-state index contributed by atoms with van der Waals surface area (Å²) in [6.45, 7) is 6.00. The lowest BCUT2D eigenvalue weighted by molar-refractivity contribution is -0.130. The van der Waals surface area contributed by atoms with Crippen molar-refractivity contribution in [3.05, 3.63) is 29.8 Å². The van der Waals surface area contributed by atoms with Crippen LogP contribution in [0.4, 0.5) is 0 Å². The molecule has 1 heterocycles. The second-order valence-electron chi connectivity index (χ2n) is 7.95. The Balaban J connectivity index is 0.00000320. The molecule has 0 spiro atoms. The summed E-state index contributed by atoms with van der Waals surface area (Å²) in [6, 6.07) is 8.19. The first-order chi connectivity index (χ1) is 14.3. The molecule has 3 rings (SSSR count). The average molecular weight is 528 g/mol. The predicted octanol–water partition coefficient (Wildman–Crippen LogP) is 4.08. The molecule has 0 atom stereocenters. The van der Waals surface area contributed by atoms with Crippen LogP contribution in [0, 0.1) is 0 Å². The lowest BCUT2D eigenvalue weighted by Crippen LogP contribution is -2.39. The Hall–Kier alpha value is -1.51. The lowest BCUT2D eigenvalue weighted by atomic mass is 9.96. The van der Waals surface area contributed by atoms with Crippen molar-refractivity contribution in [3.8, 4) is 5.75 Å². The van der Waals surface area contributed by atoms with Gasteiger partial charge in [0.05, 0.1) is 12.6 Å². The number of benzene rings is 1. The van der Waals surface area contributed by atoms with E-state index in [1.807, 2.05) is 23.1 Å². The van der Waals surface area contributed by atoms with Crippen LogP contribution in [0.15, 0.2) is 29.3 Å². The number of rotatable bonds is 9. The quantitative estimate of drug-likeness (QED) is 0.220. The van der Waals surface area contributed by atoms with Gasteiger partial charge in [0.15, 0.2) is 5.96 Å². The van der Waals surface area contributed by atoms with Crippen LogP contribution in [-0.4, -0.2) is 49.0 Å². The molecule has 1 saturated heterocycles. The van der Waals surface area contributed by atoms with Gasteiger partial charge in [-0.25, -0.2) is 4.99 Å². The monoisotopic (exact) mass is 528 g/mol. The first kappa shape index (κ1) is 24.8. The van der Waals surface area contributed by atoms with Gasteiger partial charge in [0.2, 0.25) is 5.91 Å². The third-order valence-corrected chi connectivity index (χ3v) is 5.64. The fourth-order valence-corrected chi connectivity index (χ4v) is 3.68. The zero-order chi connectivity index (χ0) is 20.3. The average Bonchev–Trinajstić information content (AvgIpc) is 2.91. The van der Waals surface area contributed by atoms with Gasteiger partial charge in [-0.2, -0.15) is 0 Å². The number of amides is 1. The molecule has 1 aliphatic carbocycles. The van der Waals surface area contributed by atoms with Gasteiger partial charge in [0, 0.05) is 38.2 Å². The summed E-state index contributed by atoms with van der Waals surface area (Å²) in [5, 5.41) is 6.71. The summed E-state index contributed by atoms with van der Waals surface area (Å²) in [4.78, 5) is 18.9. The maximum Gasteiger partial charge on any atom is 0.222 e. The SMILES string of the molecule is CCNC(=NCc1ccccc1OC1CCC1)NCCCN1CCCCCC1=O.I. The number of hydrogen-bond donors (Lipinski definition) is 2. The van der Waals surface area contributed by atoms with Gasteiger partial charge in [-0.15, -0.1) is 24.0 Å². The first-order valence-corrected chi connectivity index (χ1v) is 11.3. The number of carbonyl (C=O) groups is 1. The van der Waals surface area contributed by atoms with E-state index in [2.05, 4.69) is 23.6 Å². The molecule has 2 aliphatic rings. The Morgan fingerprint density at radius 2 is 2.00 bits per heavy atom. The summed E-state index contributed by atoms with van der Waals surface area (Å²) in [5.41, 5.74) is 1.12. The van der Waals surface area contributed by atoms with Crippen LogP contribution >= 0.6 is 24.0 Å². The molecule has 1 aromatic carbocycles. The van der Waals surface area contributed by atoms with E-state index in [-0.39, 0.29) is 24.0 Å². The summed E-state index contributed by atoms with van der Waals surface area (Å²) in [7, 11) is 0. The highest BCUT2D eigenvalue weighted by molar-refractivity contribution is 14.0. The second kappa shape index (κ2) is 13.7. The van der Waals surface area contributed by atoms with E-state index >= 15 is 0 Å². The number of likely N-dealkylation sites (tertiary alicyclic amines) is 1. The number of aliphatic imine (C=N–C) groups is 1. The Labute approximate surface area is 198 Å². The molecule has 0 bridgehead atoms. The maximum absolute atomic E-state index is 12.1. The van der Waals surface area contributed by atoms with Crippen molar-refractivity contribution in [2.75, 3.05) is 26.2 Å². The number of nitrogens with one attached hydrogen (secondary N) is 2. The third kappa shape index (κ3) is 7.96. The van der Waals surface area contributed by atoms with E-state index in [4.69, 9.17) is 9.73 Å². The van der Waals surface area contributed by atoms with Crippen molar-refractivity contribution in [1.29, 1.82) is 0 Å². The Morgan fingerprint density at radius 1 is 1.17 bits per heavy atom. The highest BCUT2D eigenvalue weighted by Crippen LogP contribution is 2.27. The Morgan fingerprint density at radius 3 is 2.77 bits per heavy atom. The van der Waals surface area contributed by atoms with E-state index < -0.39 is 0 Å². The van der Waals surface area contributed by atoms with Gasteiger partial charge in [-0.3, -0.25) is 4.79 Å². The topological polar surface area (TPSA) is 66.0 Å². The number of carbonyl (C=O) groups excluding carboxylic acids is 1. The minimum atomic E-state index is 0. The second-order valence-corrected chi connectivity index (χ2v) is 7.95. The van der Waals surface area contributed by atoms with Gasteiger partial charge in [-0.1, -0.05) is 24.6 Å². The highest BCUT2D eigenvalue weighted by Gasteiger charge is 2.20. The highest BCUT2D eigenvalue weighted by atomic mass is 127. The largest absolute Gasteiger partial charge is 0.490 e. The fourth-order valence-electron chi connectivity index (χ4n) is 3.68. The number of ether oxygens (including phenoxy) is 1. The molecule has 0 unspecified atom stereocenters. The van der Waals surface area contributed by atoms with Crippen LogP contribution in [0.1, 0.15) is 63.9 Å². The molecule has 0 aromatic heterocycles. The zero-order valence-electron chi connectivity index (χ0n) is 18.2. The van der Waals surface area contributed by atoms with Gasteiger partial charge in [0.1, 0.15) is 5.75 Å². The lowest BCUT2D eigenvalue weighted by Gasteiger charge is -2.27. The molecule has 0 radical (unpaired) electrons. The van der Waals surface area contributed by atoms with Gasteiger partial charge < -0.3 is 20.3 Å². The van der Waals surface area contributed by atoms with Gasteiger partial charge >= 0.3 is 0 Å². The summed E-state index contributed by atoms with van der Waals surface area (Å²) in [6.07, 6.45) is 8.92. The minimum absolute atomic E-state index is 0. The molecule has 1 amide bonds. The summed E-state index contributed by atoms with van der Waals surface area (Å²) in [5.74, 6) is 2.08. The Bertz CT molecular complexity index is 679. The van der Waals surface area contributed by atoms with E-state index in [0.717, 1.165) is 75.6 Å². The molecule has 6 nitrogen and oxygen atoms in total. The number of halogens is 1. The molecule has 7 heteroatoms. The molecule has 30 heavy (non-hydrogen) atoms. The predicted molar refractivity (Wildman–Crippen MR) is 133 cm³/mol. The fraction of sp³-hybridized carbons (Fsp3) is 0.652. The third-order valence-electron chi connectivity index (χ3n) is 5.64. The van der Waals surface area contributed by atoms with Crippen LogP contribution < -0.4 is 15.4 Å². The van der Waals surface area contributed by atoms with Crippen molar-refractivity contribution in [1.82, 2.24) is 15.5 Å². The van der Waals surface area contributed by atoms with Crippen LogP contribution in [0.5, 0.6) is 5.75 Å². The van der Waals surface area contributed by atoms with Crippen molar-refractivity contribution in [2.45, 2.75) is 70.9 Å². The summed E-state index contributed by atoms with van der Waals surface area (Å²) < 4.78 is 6.11. The van der Waals surface area contributed by atoms with Gasteiger partial charge in [0.25, 0.3) is 0 Å². The van der Waals surface area contributed by atoms with E-state index in [0.29, 0.717) is 25.0 Å². The van der Waals surface area contributed by atoms with Crippen LogP contribution in [0.25, 0.3) is 0 Å². The molecular formula is C23H37IN4O2. The van der Waals surface area contributed by atoms with E-state index in [9.17, 15) is 4.79 Å². The molecule has 2 fully saturated rings. The molecule has 1 saturated carbocycles. The normalized spacial score (nSPS) is 17.6. The van der Waals surface area contributed by atoms with Crippen molar-refractivity contribution in [3.63, 3.8) is 0 Å². The van der Waals surface area contributed by atoms with E-state index in [1.54, 1.807) is 0 Å². The molecule has 2 N–H and O–H groups in total. The molecule has 1 aromatic rings. The number of para-hydroxylation sites is 1. The molecule has 168 valence electrons.